The van der Waals surface area contributed by atoms with Gasteiger partial charge in [0.2, 0.25) is 0 Å². The van der Waals surface area contributed by atoms with Gasteiger partial charge in [0.15, 0.2) is 0 Å². The van der Waals surface area contributed by atoms with Crippen LogP contribution in [0.3, 0.4) is 0 Å². The molecule has 0 aliphatic carbocycles. The molecule has 0 aliphatic heterocycles. The highest BCUT2D eigenvalue weighted by Gasteiger charge is 2.18. The second kappa shape index (κ2) is 6.58. The summed E-state index contributed by atoms with van der Waals surface area (Å²) in [4.78, 5) is 4.66. The molecule has 0 saturated heterocycles. The van der Waals surface area contributed by atoms with E-state index in [2.05, 4.69) is 71.7 Å². The summed E-state index contributed by atoms with van der Waals surface area (Å²) < 4.78 is 5.93. The first kappa shape index (κ1) is 15.6. The molecule has 0 aliphatic rings. The fraction of sp³-hybridized carbons (Fsp3) is 0. The van der Waals surface area contributed by atoms with Crippen LogP contribution in [0.2, 0.25) is 0 Å². The second-order valence-electron chi connectivity index (χ2n) is 6.46. The van der Waals surface area contributed by atoms with Gasteiger partial charge in [0.25, 0.3) is 0 Å². The average molecular weight is 347 g/mol. The van der Waals surface area contributed by atoms with Crippen LogP contribution in [0.5, 0.6) is 0 Å². The Morgan fingerprint density at radius 2 is 1.26 bits per heavy atom. The molecule has 0 radical (unpaired) electrons. The Bertz CT molecular complexity index is 1190. The number of furan rings is 1. The first-order valence-electron chi connectivity index (χ1n) is 8.98. The maximum Gasteiger partial charge on any atom is 0.135 e. The van der Waals surface area contributed by atoms with Gasteiger partial charge in [0.1, 0.15) is 5.58 Å². The molecule has 0 spiro atoms. The summed E-state index contributed by atoms with van der Waals surface area (Å²) in [6.07, 6.45) is 3.69. The lowest BCUT2D eigenvalue weighted by atomic mass is 9.91. The molecule has 2 nitrogen and oxygen atoms in total. The van der Waals surface area contributed by atoms with Crippen molar-refractivity contribution >= 4 is 11.0 Å². The minimum Gasteiger partial charge on any atom is -0.464 e. The first-order chi connectivity index (χ1) is 13.4. The maximum absolute atomic E-state index is 5.93. The largest absolute Gasteiger partial charge is 0.464 e. The van der Waals surface area contributed by atoms with E-state index < -0.39 is 0 Å². The van der Waals surface area contributed by atoms with Crippen LogP contribution in [0.15, 0.2) is 108 Å². The standard InChI is InChI=1S/C25H17NO/c1-3-9-18(10-4-1)20-14-15-23-25(24(20)22-13-7-8-16-26-22)21(17-27-23)19-11-5-2-6-12-19/h1-17H. The van der Waals surface area contributed by atoms with Crippen LogP contribution >= 0.6 is 0 Å². The van der Waals surface area contributed by atoms with Crippen molar-refractivity contribution in [2.45, 2.75) is 0 Å². The van der Waals surface area contributed by atoms with Crippen LogP contribution < -0.4 is 0 Å². The first-order valence-corrected chi connectivity index (χ1v) is 8.98. The van der Waals surface area contributed by atoms with Gasteiger partial charge in [-0.1, -0.05) is 66.7 Å². The van der Waals surface area contributed by atoms with Gasteiger partial charge in [-0.2, -0.15) is 0 Å². The molecule has 2 aromatic heterocycles. The van der Waals surface area contributed by atoms with E-state index in [1.807, 2.05) is 36.7 Å². The number of rotatable bonds is 3. The van der Waals surface area contributed by atoms with Gasteiger partial charge in [-0.25, -0.2) is 0 Å². The van der Waals surface area contributed by atoms with Gasteiger partial charge in [-0.05, 0) is 41.0 Å². The lowest BCUT2D eigenvalue weighted by Crippen LogP contribution is -1.90. The van der Waals surface area contributed by atoms with Crippen LogP contribution in [0.25, 0.3) is 44.5 Å². The highest BCUT2D eigenvalue weighted by molar-refractivity contribution is 6.09. The molecule has 0 saturated carbocycles. The molecule has 0 amide bonds. The molecule has 27 heavy (non-hydrogen) atoms. The Hall–Kier alpha value is -3.65. The number of pyridine rings is 1. The van der Waals surface area contributed by atoms with Crippen LogP contribution in [-0.2, 0) is 0 Å². The average Bonchev–Trinajstić information content (AvgIpc) is 3.19. The third kappa shape index (κ3) is 2.72. The predicted molar refractivity (Wildman–Crippen MR) is 110 cm³/mol. The van der Waals surface area contributed by atoms with E-state index in [4.69, 9.17) is 4.42 Å². The fourth-order valence-electron chi connectivity index (χ4n) is 3.60. The normalized spacial score (nSPS) is 11.0. The zero-order valence-corrected chi connectivity index (χ0v) is 14.7. The van der Waals surface area contributed by atoms with Gasteiger partial charge >= 0.3 is 0 Å². The highest BCUT2D eigenvalue weighted by atomic mass is 16.3. The van der Waals surface area contributed by atoms with E-state index in [0.29, 0.717) is 0 Å². The van der Waals surface area contributed by atoms with Crippen LogP contribution in [0, 0.1) is 0 Å². The molecule has 128 valence electrons. The van der Waals surface area contributed by atoms with Gasteiger partial charge in [0.05, 0.1) is 12.0 Å². The number of benzene rings is 3. The van der Waals surface area contributed by atoms with Crippen molar-refractivity contribution < 1.29 is 4.42 Å². The maximum atomic E-state index is 5.93. The van der Waals surface area contributed by atoms with Gasteiger partial charge < -0.3 is 4.42 Å². The number of hydrogen-bond donors (Lipinski definition) is 0. The highest BCUT2D eigenvalue weighted by Crippen LogP contribution is 2.42. The zero-order valence-electron chi connectivity index (χ0n) is 14.7. The number of hydrogen-bond acceptors (Lipinski definition) is 2. The van der Waals surface area contributed by atoms with E-state index in [1.165, 1.54) is 5.56 Å². The summed E-state index contributed by atoms with van der Waals surface area (Å²) in [6.45, 7) is 0. The van der Waals surface area contributed by atoms with Crippen molar-refractivity contribution in [3.63, 3.8) is 0 Å². The third-order valence-corrected chi connectivity index (χ3v) is 4.83. The SMILES string of the molecule is c1ccc(-c2ccc3occ(-c4ccccc4)c3c2-c2ccccn2)cc1. The summed E-state index contributed by atoms with van der Waals surface area (Å²) in [7, 11) is 0. The Morgan fingerprint density at radius 1 is 0.593 bits per heavy atom. The molecule has 3 aromatic carbocycles. The van der Waals surface area contributed by atoms with E-state index >= 15 is 0 Å². The summed E-state index contributed by atoms with van der Waals surface area (Å²) in [5, 5.41) is 1.10. The van der Waals surface area contributed by atoms with E-state index in [1.54, 1.807) is 0 Å². The fourth-order valence-corrected chi connectivity index (χ4v) is 3.60. The van der Waals surface area contributed by atoms with Crippen LogP contribution in [-0.4, -0.2) is 4.98 Å². The molecule has 0 bridgehead atoms. The van der Waals surface area contributed by atoms with Gasteiger partial charge in [-0.15, -0.1) is 0 Å². The molecule has 0 N–H and O–H groups in total. The second-order valence-corrected chi connectivity index (χ2v) is 6.46. The monoisotopic (exact) mass is 347 g/mol. The van der Waals surface area contributed by atoms with Crippen molar-refractivity contribution in [3.8, 4) is 33.5 Å². The number of aromatic nitrogens is 1. The molecule has 2 heteroatoms. The van der Waals surface area contributed by atoms with Crippen LogP contribution in [0.4, 0.5) is 0 Å². The number of fused-ring (bicyclic) bond motifs is 1. The zero-order chi connectivity index (χ0) is 18.1. The molecule has 0 unspecified atom stereocenters. The van der Waals surface area contributed by atoms with Crippen molar-refractivity contribution in [3.05, 3.63) is 103 Å². The minimum atomic E-state index is 0.870. The number of nitrogens with zero attached hydrogens (tertiary/aromatic N) is 1. The van der Waals surface area contributed by atoms with Crippen molar-refractivity contribution in [1.29, 1.82) is 0 Å². The third-order valence-electron chi connectivity index (χ3n) is 4.83. The van der Waals surface area contributed by atoms with E-state index in [-0.39, 0.29) is 0 Å². The van der Waals surface area contributed by atoms with E-state index in [9.17, 15) is 0 Å². The Labute approximate surface area is 157 Å². The van der Waals surface area contributed by atoms with Crippen molar-refractivity contribution in [2.24, 2.45) is 0 Å². The smallest absolute Gasteiger partial charge is 0.135 e. The Kier molecular flexibility index (Phi) is 3.80. The van der Waals surface area contributed by atoms with Crippen LogP contribution in [0.1, 0.15) is 0 Å². The molecular formula is C25H17NO. The summed E-state index contributed by atoms with van der Waals surface area (Å²) in [5.74, 6) is 0. The minimum absolute atomic E-state index is 0.870. The Morgan fingerprint density at radius 3 is 1.93 bits per heavy atom. The lowest BCUT2D eigenvalue weighted by molar-refractivity contribution is 0.617. The molecular weight excluding hydrogens is 330 g/mol. The Balaban J connectivity index is 1.89. The topological polar surface area (TPSA) is 26.0 Å². The van der Waals surface area contributed by atoms with Gasteiger partial charge in [0, 0.05) is 22.7 Å². The van der Waals surface area contributed by atoms with Crippen molar-refractivity contribution in [1.82, 2.24) is 4.98 Å². The van der Waals surface area contributed by atoms with Crippen molar-refractivity contribution in [2.75, 3.05) is 0 Å². The summed E-state index contributed by atoms with van der Waals surface area (Å²) in [6, 6.07) is 31.0. The quantitative estimate of drug-likeness (QED) is 0.357. The predicted octanol–water partition coefficient (Wildman–Crippen LogP) is 6.83. The molecule has 0 atom stereocenters. The van der Waals surface area contributed by atoms with Gasteiger partial charge in [-0.3, -0.25) is 4.98 Å². The molecule has 5 aromatic rings. The lowest BCUT2D eigenvalue weighted by Gasteiger charge is -2.12. The summed E-state index contributed by atoms with van der Waals surface area (Å²) >= 11 is 0. The summed E-state index contributed by atoms with van der Waals surface area (Å²) in [5.41, 5.74) is 7.46. The van der Waals surface area contributed by atoms with E-state index in [0.717, 1.165) is 38.9 Å². The molecule has 5 rings (SSSR count). The molecule has 0 fully saturated rings. The molecule has 2 heterocycles.